The number of hydrogen-bond donors (Lipinski definition) is 0. The minimum atomic E-state index is 0.234. The molecule has 0 bridgehead atoms. The zero-order valence-corrected chi connectivity index (χ0v) is 13.9. The summed E-state index contributed by atoms with van der Waals surface area (Å²) in [5.41, 5.74) is 3.79. The van der Waals surface area contributed by atoms with E-state index in [1.54, 1.807) is 14.2 Å². The Bertz CT molecular complexity index is 546. The van der Waals surface area contributed by atoms with Gasteiger partial charge in [0.05, 0.1) is 7.11 Å². The molecule has 0 saturated carbocycles. The van der Waals surface area contributed by atoms with E-state index in [0.29, 0.717) is 5.92 Å². The molecule has 3 heteroatoms. The van der Waals surface area contributed by atoms with Crippen LogP contribution in [0.2, 0.25) is 0 Å². The third-order valence-electron chi connectivity index (χ3n) is 4.26. The molecule has 0 radical (unpaired) electrons. The summed E-state index contributed by atoms with van der Waals surface area (Å²) in [4.78, 5) is 0. The van der Waals surface area contributed by atoms with Crippen LogP contribution in [-0.4, -0.2) is 21.0 Å². The highest BCUT2D eigenvalue weighted by atomic mass is 16.7. The monoisotopic (exact) mass is 302 g/mol. The summed E-state index contributed by atoms with van der Waals surface area (Å²) >= 11 is 0. The summed E-state index contributed by atoms with van der Waals surface area (Å²) in [5, 5.41) is 0. The SMILES string of the molecule is C=C(Cc1c(OC)cccc1OCOC)[C@@H]1CC=C(C)CC1. The summed E-state index contributed by atoms with van der Waals surface area (Å²) < 4.78 is 16.2. The zero-order chi connectivity index (χ0) is 15.9. The Labute approximate surface area is 133 Å². The predicted molar refractivity (Wildman–Crippen MR) is 89.4 cm³/mol. The molecule has 1 aromatic rings. The van der Waals surface area contributed by atoms with Crippen LogP contribution in [0.1, 0.15) is 31.7 Å². The molecular weight excluding hydrogens is 276 g/mol. The highest BCUT2D eigenvalue weighted by Crippen LogP contribution is 2.35. The number of rotatable bonds is 7. The van der Waals surface area contributed by atoms with E-state index in [-0.39, 0.29) is 6.79 Å². The molecule has 0 aromatic heterocycles. The van der Waals surface area contributed by atoms with E-state index in [1.807, 2.05) is 18.2 Å². The van der Waals surface area contributed by atoms with Gasteiger partial charge in [0.2, 0.25) is 0 Å². The van der Waals surface area contributed by atoms with Gasteiger partial charge in [0.25, 0.3) is 0 Å². The molecule has 1 aliphatic rings. The molecular formula is C19H26O3. The highest BCUT2D eigenvalue weighted by molar-refractivity contribution is 5.47. The van der Waals surface area contributed by atoms with Gasteiger partial charge in [0, 0.05) is 19.1 Å². The van der Waals surface area contributed by atoms with Gasteiger partial charge in [-0.1, -0.05) is 29.9 Å². The summed E-state index contributed by atoms with van der Waals surface area (Å²) in [6.45, 7) is 6.76. The fourth-order valence-electron chi connectivity index (χ4n) is 2.88. The molecule has 22 heavy (non-hydrogen) atoms. The molecule has 0 aliphatic heterocycles. The van der Waals surface area contributed by atoms with Crippen molar-refractivity contribution in [3.8, 4) is 11.5 Å². The third kappa shape index (κ3) is 4.14. The second-order valence-corrected chi connectivity index (χ2v) is 5.84. The molecule has 120 valence electrons. The molecule has 0 amide bonds. The van der Waals surface area contributed by atoms with Gasteiger partial charge in [-0.3, -0.25) is 0 Å². The molecule has 0 spiro atoms. The van der Waals surface area contributed by atoms with Crippen LogP contribution in [0, 0.1) is 5.92 Å². The van der Waals surface area contributed by atoms with Crippen LogP contribution in [0.4, 0.5) is 0 Å². The van der Waals surface area contributed by atoms with Crippen LogP contribution in [-0.2, 0) is 11.2 Å². The average Bonchev–Trinajstić information content (AvgIpc) is 2.54. The maximum absolute atomic E-state index is 5.68. The molecule has 0 fully saturated rings. The Hall–Kier alpha value is -1.74. The van der Waals surface area contributed by atoms with Crippen molar-refractivity contribution < 1.29 is 14.2 Å². The maximum atomic E-state index is 5.68. The van der Waals surface area contributed by atoms with Gasteiger partial charge in [0.15, 0.2) is 6.79 Å². The van der Waals surface area contributed by atoms with E-state index in [2.05, 4.69) is 19.6 Å². The molecule has 1 aromatic carbocycles. The Balaban J connectivity index is 2.14. The van der Waals surface area contributed by atoms with Gasteiger partial charge in [-0.2, -0.15) is 0 Å². The van der Waals surface area contributed by atoms with E-state index < -0.39 is 0 Å². The van der Waals surface area contributed by atoms with Crippen LogP contribution < -0.4 is 9.47 Å². The molecule has 1 aliphatic carbocycles. The lowest BCUT2D eigenvalue weighted by atomic mass is 9.83. The van der Waals surface area contributed by atoms with E-state index in [1.165, 1.54) is 24.0 Å². The van der Waals surface area contributed by atoms with Crippen molar-refractivity contribution in [3.63, 3.8) is 0 Å². The first-order chi connectivity index (χ1) is 10.7. The first-order valence-electron chi connectivity index (χ1n) is 7.76. The lowest BCUT2D eigenvalue weighted by molar-refractivity contribution is 0.0503. The number of hydrogen-bond acceptors (Lipinski definition) is 3. The average molecular weight is 302 g/mol. The second kappa shape index (κ2) is 8.04. The first kappa shape index (κ1) is 16.6. The van der Waals surface area contributed by atoms with Gasteiger partial charge in [-0.25, -0.2) is 0 Å². The molecule has 0 N–H and O–H groups in total. The summed E-state index contributed by atoms with van der Waals surface area (Å²) in [5.74, 6) is 2.20. The van der Waals surface area contributed by atoms with Crippen LogP contribution in [0.3, 0.4) is 0 Å². The van der Waals surface area contributed by atoms with E-state index in [9.17, 15) is 0 Å². The van der Waals surface area contributed by atoms with Crippen molar-refractivity contribution in [1.29, 1.82) is 0 Å². The molecule has 0 saturated heterocycles. The van der Waals surface area contributed by atoms with Gasteiger partial charge < -0.3 is 14.2 Å². The van der Waals surface area contributed by atoms with Gasteiger partial charge in [-0.15, -0.1) is 0 Å². The Kier molecular flexibility index (Phi) is 6.08. The van der Waals surface area contributed by atoms with Crippen molar-refractivity contribution in [1.82, 2.24) is 0 Å². The van der Waals surface area contributed by atoms with Crippen LogP contribution in [0.25, 0.3) is 0 Å². The Morgan fingerprint density at radius 1 is 1.27 bits per heavy atom. The van der Waals surface area contributed by atoms with Crippen LogP contribution in [0.5, 0.6) is 11.5 Å². The second-order valence-electron chi connectivity index (χ2n) is 5.84. The zero-order valence-electron chi connectivity index (χ0n) is 13.9. The van der Waals surface area contributed by atoms with Crippen molar-refractivity contribution in [2.45, 2.75) is 32.6 Å². The van der Waals surface area contributed by atoms with E-state index in [4.69, 9.17) is 14.2 Å². The predicted octanol–water partition coefficient (Wildman–Crippen LogP) is 4.52. The minimum Gasteiger partial charge on any atom is -0.496 e. The topological polar surface area (TPSA) is 27.7 Å². The first-order valence-corrected chi connectivity index (χ1v) is 7.76. The van der Waals surface area contributed by atoms with E-state index in [0.717, 1.165) is 29.9 Å². The quantitative estimate of drug-likeness (QED) is 0.547. The molecule has 1 atom stereocenters. The minimum absolute atomic E-state index is 0.234. The fourth-order valence-corrected chi connectivity index (χ4v) is 2.88. The van der Waals surface area contributed by atoms with Crippen molar-refractivity contribution >= 4 is 0 Å². The number of methoxy groups -OCH3 is 2. The number of benzene rings is 1. The largest absolute Gasteiger partial charge is 0.496 e. The molecule has 0 unspecified atom stereocenters. The lowest BCUT2D eigenvalue weighted by Crippen LogP contribution is -2.11. The third-order valence-corrected chi connectivity index (χ3v) is 4.26. The lowest BCUT2D eigenvalue weighted by Gasteiger charge is -2.24. The van der Waals surface area contributed by atoms with Crippen LogP contribution in [0.15, 0.2) is 42.0 Å². The van der Waals surface area contributed by atoms with Gasteiger partial charge >= 0.3 is 0 Å². The van der Waals surface area contributed by atoms with Crippen LogP contribution >= 0.6 is 0 Å². The van der Waals surface area contributed by atoms with E-state index >= 15 is 0 Å². The van der Waals surface area contributed by atoms with Gasteiger partial charge in [0.1, 0.15) is 11.5 Å². The summed E-state index contributed by atoms with van der Waals surface area (Å²) in [6, 6.07) is 5.85. The van der Waals surface area contributed by atoms with Crippen molar-refractivity contribution in [2.24, 2.45) is 5.92 Å². The number of ether oxygens (including phenoxy) is 3. The fraction of sp³-hybridized carbons (Fsp3) is 0.474. The molecule has 0 heterocycles. The Morgan fingerprint density at radius 3 is 2.68 bits per heavy atom. The molecule has 3 nitrogen and oxygen atoms in total. The summed E-state index contributed by atoms with van der Waals surface area (Å²) in [7, 11) is 3.31. The highest BCUT2D eigenvalue weighted by Gasteiger charge is 2.19. The van der Waals surface area contributed by atoms with Gasteiger partial charge in [-0.05, 0) is 44.2 Å². The Morgan fingerprint density at radius 2 is 2.05 bits per heavy atom. The van der Waals surface area contributed by atoms with Crippen molar-refractivity contribution in [2.75, 3.05) is 21.0 Å². The maximum Gasteiger partial charge on any atom is 0.188 e. The molecule has 2 rings (SSSR count). The summed E-state index contributed by atoms with van der Waals surface area (Å²) in [6.07, 6.45) is 6.56. The van der Waals surface area contributed by atoms with Crippen molar-refractivity contribution in [3.05, 3.63) is 47.6 Å². The number of allylic oxidation sites excluding steroid dienone is 3. The standard InChI is InChI=1S/C19H26O3/c1-14-8-10-16(11-9-14)15(2)12-17-18(21-4)6-5-7-19(17)22-13-20-3/h5-8,16H,2,9-13H2,1,3-4H3/t16-/m1/s1. The smallest absolute Gasteiger partial charge is 0.188 e. The normalized spacial score (nSPS) is 17.8.